The molecule has 0 atom stereocenters. The molecule has 126 valence electrons. The number of piperazine rings is 1. The van der Waals surface area contributed by atoms with E-state index in [1.165, 1.54) is 0 Å². The number of nitrogens with zero attached hydrogens (tertiary/aromatic N) is 3. The molecule has 2 aromatic rings. The van der Waals surface area contributed by atoms with Crippen molar-refractivity contribution in [2.75, 3.05) is 38.5 Å². The van der Waals surface area contributed by atoms with Crippen molar-refractivity contribution in [3.8, 4) is 0 Å². The summed E-state index contributed by atoms with van der Waals surface area (Å²) in [5.41, 5.74) is 3.22. The van der Waals surface area contributed by atoms with Crippen molar-refractivity contribution in [3.63, 3.8) is 0 Å². The molecule has 1 aromatic carbocycles. The fourth-order valence-corrected chi connectivity index (χ4v) is 2.84. The molecule has 3 rings (SSSR count). The van der Waals surface area contributed by atoms with Crippen molar-refractivity contribution in [1.29, 1.82) is 0 Å². The lowest BCUT2D eigenvalue weighted by Gasteiger charge is -2.32. The van der Waals surface area contributed by atoms with Gasteiger partial charge in [-0.2, -0.15) is 0 Å². The zero-order valence-electron chi connectivity index (χ0n) is 13.9. The summed E-state index contributed by atoms with van der Waals surface area (Å²) in [5, 5.41) is 4.00. The number of nitrogens with one attached hydrogen (secondary N) is 1. The third-order valence-electron chi connectivity index (χ3n) is 4.32. The van der Waals surface area contributed by atoms with Crippen LogP contribution in [0.4, 0.5) is 11.4 Å². The summed E-state index contributed by atoms with van der Waals surface area (Å²) in [5.74, 6) is -0.00594. The Morgan fingerprint density at radius 3 is 2.58 bits per heavy atom. The van der Waals surface area contributed by atoms with Crippen molar-refractivity contribution in [2.45, 2.75) is 6.92 Å². The summed E-state index contributed by atoms with van der Waals surface area (Å²) in [6.45, 7) is 5.26. The van der Waals surface area contributed by atoms with E-state index in [1.54, 1.807) is 12.3 Å². The van der Waals surface area contributed by atoms with Crippen LogP contribution in [0.2, 0.25) is 5.02 Å². The molecule has 0 saturated carbocycles. The highest BCUT2D eigenvalue weighted by atomic mass is 35.5. The van der Waals surface area contributed by atoms with E-state index in [2.05, 4.69) is 22.2 Å². The normalized spacial score (nSPS) is 15.4. The zero-order valence-corrected chi connectivity index (χ0v) is 14.7. The molecule has 0 unspecified atom stereocenters. The molecule has 1 aliphatic rings. The molecule has 0 spiro atoms. The monoisotopic (exact) mass is 344 g/mol. The SMILES string of the molecule is Cc1c(Cl)cccc1Nc1ccc(C(=O)N2CCN(C)CC2)nc1. The Hall–Kier alpha value is -2.11. The van der Waals surface area contributed by atoms with Gasteiger partial charge in [0.25, 0.3) is 5.91 Å². The lowest BCUT2D eigenvalue weighted by molar-refractivity contribution is 0.0658. The molecular weight excluding hydrogens is 324 g/mol. The van der Waals surface area contributed by atoms with E-state index in [0.29, 0.717) is 5.69 Å². The van der Waals surface area contributed by atoms with Gasteiger partial charge < -0.3 is 15.1 Å². The van der Waals surface area contributed by atoms with Gasteiger partial charge in [-0.15, -0.1) is 0 Å². The van der Waals surface area contributed by atoms with Crippen LogP contribution in [-0.4, -0.2) is 53.9 Å². The first kappa shape index (κ1) is 16.7. The highest BCUT2D eigenvalue weighted by Gasteiger charge is 2.21. The van der Waals surface area contributed by atoms with Gasteiger partial charge in [0.2, 0.25) is 0 Å². The molecule has 1 amide bonds. The summed E-state index contributed by atoms with van der Waals surface area (Å²) in [6, 6.07) is 9.36. The summed E-state index contributed by atoms with van der Waals surface area (Å²) in [6.07, 6.45) is 1.68. The maximum absolute atomic E-state index is 12.5. The van der Waals surface area contributed by atoms with E-state index in [9.17, 15) is 4.79 Å². The molecule has 5 nitrogen and oxygen atoms in total. The Balaban J connectivity index is 1.69. The van der Waals surface area contributed by atoms with Gasteiger partial charge in [-0.25, -0.2) is 4.98 Å². The van der Waals surface area contributed by atoms with Crippen LogP contribution in [0.1, 0.15) is 16.1 Å². The molecule has 0 aliphatic carbocycles. The van der Waals surface area contributed by atoms with Gasteiger partial charge in [0.15, 0.2) is 0 Å². The van der Waals surface area contributed by atoms with Gasteiger partial charge in [-0.05, 0) is 43.8 Å². The van der Waals surface area contributed by atoms with E-state index in [0.717, 1.165) is 48.1 Å². The van der Waals surface area contributed by atoms with Crippen LogP contribution in [0.15, 0.2) is 36.5 Å². The highest BCUT2D eigenvalue weighted by Crippen LogP contribution is 2.25. The number of pyridine rings is 1. The maximum Gasteiger partial charge on any atom is 0.272 e. The number of hydrogen-bond donors (Lipinski definition) is 1. The fourth-order valence-electron chi connectivity index (χ4n) is 2.66. The quantitative estimate of drug-likeness (QED) is 0.929. The Bertz CT molecular complexity index is 724. The number of carbonyl (C=O) groups excluding carboxylic acids is 1. The van der Waals surface area contributed by atoms with Crippen LogP contribution in [-0.2, 0) is 0 Å². The third kappa shape index (κ3) is 3.68. The zero-order chi connectivity index (χ0) is 17.1. The second-order valence-corrected chi connectivity index (χ2v) is 6.47. The van der Waals surface area contributed by atoms with Crippen molar-refractivity contribution in [2.24, 2.45) is 0 Å². The van der Waals surface area contributed by atoms with Crippen molar-refractivity contribution >= 4 is 28.9 Å². The van der Waals surface area contributed by atoms with Crippen LogP contribution in [0.25, 0.3) is 0 Å². The largest absolute Gasteiger partial charge is 0.354 e. The molecule has 0 bridgehead atoms. The number of rotatable bonds is 3. The number of amides is 1. The summed E-state index contributed by atoms with van der Waals surface area (Å²) >= 11 is 6.13. The van der Waals surface area contributed by atoms with E-state index >= 15 is 0 Å². The lowest BCUT2D eigenvalue weighted by atomic mass is 10.2. The van der Waals surface area contributed by atoms with Crippen LogP contribution in [0, 0.1) is 6.92 Å². The van der Waals surface area contributed by atoms with Gasteiger partial charge in [-0.1, -0.05) is 17.7 Å². The van der Waals surface area contributed by atoms with Crippen molar-refractivity contribution in [1.82, 2.24) is 14.8 Å². The number of benzene rings is 1. The molecule has 1 saturated heterocycles. The van der Waals surface area contributed by atoms with Crippen LogP contribution in [0.5, 0.6) is 0 Å². The molecule has 2 heterocycles. The highest BCUT2D eigenvalue weighted by molar-refractivity contribution is 6.31. The Labute approximate surface area is 147 Å². The van der Waals surface area contributed by atoms with E-state index in [1.807, 2.05) is 36.1 Å². The Morgan fingerprint density at radius 2 is 1.92 bits per heavy atom. The first-order valence-corrected chi connectivity index (χ1v) is 8.38. The molecule has 1 aromatic heterocycles. The van der Waals surface area contributed by atoms with Gasteiger partial charge in [0, 0.05) is 36.9 Å². The van der Waals surface area contributed by atoms with E-state index in [4.69, 9.17) is 11.6 Å². The average Bonchev–Trinajstić information content (AvgIpc) is 2.60. The van der Waals surface area contributed by atoms with Crippen LogP contribution >= 0.6 is 11.6 Å². The number of halogens is 1. The fraction of sp³-hybridized carbons (Fsp3) is 0.333. The Kier molecular flexibility index (Phi) is 5.02. The lowest BCUT2D eigenvalue weighted by Crippen LogP contribution is -2.47. The molecule has 1 N–H and O–H groups in total. The predicted octanol–water partition coefficient (Wildman–Crippen LogP) is 3.17. The summed E-state index contributed by atoms with van der Waals surface area (Å²) in [4.78, 5) is 20.9. The molecular formula is C18H21ClN4O. The molecule has 6 heteroatoms. The predicted molar refractivity (Wildman–Crippen MR) is 97.1 cm³/mol. The first-order chi connectivity index (χ1) is 11.5. The molecule has 1 fully saturated rings. The molecule has 1 aliphatic heterocycles. The smallest absolute Gasteiger partial charge is 0.272 e. The minimum Gasteiger partial charge on any atom is -0.354 e. The summed E-state index contributed by atoms with van der Waals surface area (Å²) in [7, 11) is 2.07. The van der Waals surface area contributed by atoms with Gasteiger partial charge >= 0.3 is 0 Å². The van der Waals surface area contributed by atoms with Gasteiger partial charge in [0.1, 0.15) is 5.69 Å². The minimum atomic E-state index is -0.00594. The number of carbonyl (C=O) groups is 1. The van der Waals surface area contributed by atoms with E-state index < -0.39 is 0 Å². The number of hydrogen-bond acceptors (Lipinski definition) is 4. The number of likely N-dealkylation sites (N-methyl/N-ethyl adjacent to an activating group) is 1. The molecule has 24 heavy (non-hydrogen) atoms. The maximum atomic E-state index is 12.5. The van der Waals surface area contributed by atoms with Crippen LogP contribution in [0.3, 0.4) is 0 Å². The van der Waals surface area contributed by atoms with Crippen molar-refractivity contribution < 1.29 is 4.79 Å². The topological polar surface area (TPSA) is 48.5 Å². The first-order valence-electron chi connectivity index (χ1n) is 8.00. The Morgan fingerprint density at radius 1 is 1.17 bits per heavy atom. The second-order valence-electron chi connectivity index (χ2n) is 6.06. The minimum absolute atomic E-state index is 0.00594. The van der Waals surface area contributed by atoms with Crippen molar-refractivity contribution in [3.05, 3.63) is 52.8 Å². The summed E-state index contributed by atoms with van der Waals surface area (Å²) < 4.78 is 0. The van der Waals surface area contributed by atoms with Crippen LogP contribution < -0.4 is 5.32 Å². The average molecular weight is 345 g/mol. The number of aromatic nitrogens is 1. The number of anilines is 2. The third-order valence-corrected chi connectivity index (χ3v) is 4.73. The van der Waals surface area contributed by atoms with Gasteiger partial charge in [0.05, 0.1) is 11.9 Å². The van der Waals surface area contributed by atoms with Gasteiger partial charge in [-0.3, -0.25) is 4.79 Å². The standard InChI is InChI=1S/C18H21ClN4O/c1-13-15(19)4-3-5-16(13)21-14-6-7-17(20-12-14)18(24)23-10-8-22(2)9-11-23/h3-7,12,21H,8-11H2,1-2H3. The molecule has 0 radical (unpaired) electrons. The van der Waals surface area contributed by atoms with E-state index in [-0.39, 0.29) is 5.91 Å². The second kappa shape index (κ2) is 7.20.